The number of anilines is 1. The number of piperidine rings is 1. The third-order valence-electron chi connectivity index (χ3n) is 11.6. The van der Waals surface area contributed by atoms with Crippen molar-refractivity contribution in [2.75, 3.05) is 57.9 Å². The number of nitrogens with one attached hydrogen (secondary N) is 1. The van der Waals surface area contributed by atoms with E-state index in [-0.39, 0.29) is 87.4 Å². The van der Waals surface area contributed by atoms with Crippen LogP contribution in [0.5, 0.6) is 17.6 Å². The second kappa shape index (κ2) is 14.4. The fourth-order valence-electron chi connectivity index (χ4n) is 8.54. The Balaban J connectivity index is 1.21. The molecule has 2 unspecified atom stereocenters. The molecule has 5 heterocycles. The molecule has 2 atom stereocenters. The number of rotatable bonds is 10. The quantitative estimate of drug-likeness (QED) is 0.137. The lowest BCUT2D eigenvalue weighted by Gasteiger charge is -2.42. The summed E-state index contributed by atoms with van der Waals surface area (Å²) in [6.07, 6.45) is 9.18. The Hall–Kier alpha value is -5.10. The Morgan fingerprint density at radius 1 is 1.07 bits per heavy atom. The van der Waals surface area contributed by atoms with Gasteiger partial charge in [-0.1, -0.05) is 12.0 Å². The molecule has 2 bridgehead atoms. The zero-order valence-corrected chi connectivity index (χ0v) is 31.7. The highest BCUT2D eigenvalue weighted by Crippen LogP contribution is 2.48. The molecule has 8 rings (SSSR count). The van der Waals surface area contributed by atoms with Gasteiger partial charge in [0.2, 0.25) is 5.88 Å². The van der Waals surface area contributed by atoms with Crippen LogP contribution < -0.4 is 19.7 Å². The molecule has 0 radical (unpaired) electrons. The summed E-state index contributed by atoms with van der Waals surface area (Å²) in [5.41, 5.74) is -2.29. The number of pyridine rings is 1. The van der Waals surface area contributed by atoms with E-state index in [4.69, 9.17) is 20.9 Å². The summed E-state index contributed by atoms with van der Waals surface area (Å²) >= 11 is 0. The molecule has 3 saturated heterocycles. The number of fused-ring (bicyclic) bond motifs is 4. The first kappa shape index (κ1) is 37.8. The van der Waals surface area contributed by atoms with Crippen molar-refractivity contribution in [1.82, 2.24) is 30.1 Å². The number of phenols is 1. The van der Waals surface area contributed by atoms with E-state index < -0.39 is 23.5 Å². The minimum Gasteiger partial charge on any atom is -0.508 e. The molecule has 4 fully saturated rings. The van der Waals surface area contributed by atoms with Crippen molar-refractivity contribution in [1.29, 1.82) is 0 Å². The van der Waals surface area contributed by atoms with Crippen LogP contribution in [0.1, 0.15) is 57.9 Å². The summed E-state index contributed by atoms with van der Waals surface area (Å²) < 4.78 is 72.7. The molecule has 1 saturated carbocycles. The van der Waals surface area contributed by atoms with E-state index in [0.29, 0.717) is 63.1 Å². The van der Waals surface area contributed by atoms with Crippen LogP contribution in [0.3, 0.4) is 0 Å². The molecule has 56 heavy (non-hydrogen) atoms. The number of alkyl halides is 2. The number of carbonyl (C=O) groups excluding carboxylic acids is 1. The Bertz CT molecular complexity index is 2220. The van der Waals surface area contributed by atoms with Crippen LogP contribution >= 0.6 is 0 Å². The molecular formula is C41H45F4N7O4. The standard InChI is InChI=1S/C41H45F4N7O4/c1-5-28-30(43)9-6-23-16-27(53)17-29(31(23)28)34-33(44)35-32(37(47-34)55-4)36(51-18-25-7-8-26(19-51)52(25)39(54)46-20-40(2,3)45)49-38(48-35)56-22-41(12-13-41)21-50-14-10-24(42)11-15-50/h1,6,9,16-17,24-26,53H,7-8,10-15,18-22H2,2-4H3,(H,46,54). The number of halogens is 4. The van der Waals surface area contributed by atoms with Crippen molar-refractivity contribution < 1.29 is 36.9 Å². The SMILES string of the molecule is C#Cc1c(F)ccc2cc(O)cc(-c3nc(OC)c4c(N5CC6CCC(C5)N6C(=O)NCC(C)(C)F)nc(OCC5(CN6CCC(F)CC6)CC5)nc4c3F)c12. The number of hydrogen-bond acceptors (Lipinski definition) is 9. The van der Waals surface area contributed by atoms with E-state index in [0.717, 1.165) is 19.4 Å². The second-order valence-corrected chi connectivity index (χ2v) is 16.3. The maximum atomic E-state index is 17.3. The van der Waals surface area contributed by atoms with E-state index in [9.17, 15) is 18.7 Å². The van der Waals surface area contributed by atoms with Gasteiger partial charge in [-0.3, -0.25) is 0 Å². The second-order valence-electron chi connectivity index (χ2n) is 16.3. The fraction of sp³-hybridized carbons (Fsp3) is 0.512. The number of carbonyl (C=O) groups is 1. The lowest BCUT2D eigenvalue weighted by molar-refractivity contribution is 0.107. The van der Waals surface area contributed by atoms with Crippen LogP contribution in [0.2, 0.25) is 0 Å². The van der Waals surface area contributed by atoms with Gasteiger partial charge in [0, 0.05) is 49.1 Å². The van der Waals surface area contributed by atoms with Gasteiger partial charge < -0.3 is 34.6 Å². The molecule has 2 aromatic heterocycles. The van der Waals surface area contributed by atoms with Gasteiger partial charge >= 0.3 is 12.0 Å². The van der Waals surface area contributed by atoms with Crippen LogP contribution in [0.15, 0.2) is 24.3 Å². The topological polar surface area (TPSA) is 116 Å². The van der Waals surface area contributed by atoms with Crippen LogP contribution in [0.25, 0.3) is 32.9 Å². The number of terminal acetylenes is 1. The Morgan fingerprint density at radius 3 is 2.43 bits per heavy atom. The van der Waals surface area contributed by atoms with Crippen LogP contribution in [-0.4, -0.2) is 113 Å². The van der Waals surface area contributed by atoms with Gasteiger partial charge in [-0.05, 0) is 76.0 Å². The van der Waals surface area contributed by atoms with Crippen LogP contribution in [0.4, 0.5) is 28.2 Å². The predicted octanol–water partition coefficient (Wildman–Crippen LogP) is 6.52. The smallest absolute Gasteiger partial charge is 0.319 e. The van der Waals surface area contributed by atoms with Crippen LogP contribution in [0, 0.1) is 29.4 Å². The Kier molecular flexibility index (Phi) is 9.75. The van der Waals surface area contributed by atoms with Crippen molar-refractivity contribution >= 4 is 33.5 Å². The third kappa shape index (κ3) is 7.19. The van der Waals surface area contributed by atoms with Gasteiger partial charge in [0.15, 0.2) is 5.82 Å². The summed E-state index contributed by atoms with van der Waals surface area (Å²) in [6.45, 7) is 5.68. The van der Waals surface area contributed by atoms with E-state index in [2.05, 4.69) is 26.1 Å². The highest BCUT2D eigenvalue weighted by atomic mass is 19.1. The summed E-state index contributed by atoms with van der Waals surface area (Å²) in [5, 5.41) is 14.2. The first-order valence-electron chi connectivity index (χ1n) is 19.1. The maximum absolute atomic E-state index is 17.3. The minimum absolute atomic E-state index is 0.0271. The zero-order chi connectivity index (χ0) is 39.5. The summed E-state index contributed by atoms with van der Waals surface area (Å²) in [6, 6.07) is 4.39. The van der Waals surface area contributed by atoms with Crippen molar-refractivity contribution in [2.45, 2.75) is 76.3 Å². The molecule has 4 aromatic rings. The van der Waals surface area contributed by atoms with Gasteiger partial charge in [-0.2, -0.15) is 9.97 Å². The Labute approximate surface area is 322 Å². The highest BCUT2D eigenvalue weighted by molar-refractivity contribution is 6.04. The number of aromatic hydroxyl groups is 1. The Morgan fingerprint density at radius 2 is 1.79 bits per heavy atom. The summed E-state index contributed by atoms with van der Waals surface area (Å²) in [4.78, 5) is 33.3. The molecule has 15 heteroatoms. The zero-order valence-electron chi connectivity index (χ0n) is 31.7. The van der Waals surface area contributed by atoms with E-state index in [1.165, 1.54) is 45.2 Å². The number of hydrogen-bond donors (Lipinski definition) is 2. The van der Waals surface area contributed by atoms with E-state index >= 15 is 8.78 Å². The number of benzene rings is 2. The van der Waals surface area contributed by atoms with Crippen molar-refractivity contribution in [3.05, 3.63) is 41.5 Å². The molecule has 2 N–H and O–H groups in total. The van der Waals surface area contributed by atoms with Crippen LogP contribution in [-0.2, 0) is 0 Å². The van der Waals surface area contributed by atoms with Gasteiger partial charge in [-0.15, -0.1) is 6.42 Å². The normalized spacial score (nSPS) is 21.0. The third-order valence-corrected chi connectivity index (χ3v) is 11.6. The summed E-state index contributed by atoms with van der Waals surface area (Å²) in [7, 11) is 1.38. The maximum Gasteiger partial charge on any atom is 0.319 e. The average molecular weight is 776 g/mol. The molecular weight excluding hydrogens is 730 g/mol. The molecule has 296 valence electrons. The number of nitrogens with zero attached hydrogens (tertiary/aromatic N) is 6. The lowest BCUT2D eigenvalue weighted by atomic mass is 9.95. The number of amides is 2. The number of piperazine rings is 1. The van der Waals surface area contributed by atoms with Gasteiger partial charge in [0.05, 0.1) is 37.9 Å². The van der Waals surface area contributed by atoms with Gasteiger partial charge in [0.1, 0.15) is 45.8 Å². The highest BCUT2D eigenvalue weighted by Gasteiger charge is 2.46. The number of aromatic nitrogens is 3. The average Bonchev–Trinajstić information content (AvgIpc) is 3.88. The number of ether oxygens (including phenoxy) is 2. The lowest BCUT2D eigenvalue weighted by Crippen LogP contribution is -2.59. The molecule has 2 amide bonds. The van der Waals surface area contributed by atoms with Crippen molar-refractivity contribution in [2.24, 2.45) is 5.41 Å². The van der Waals surface area contributed by atoms with E-state index in [1.54, 1.807) is 4.90 Å². The van der Waals surface area contributed by atoms with Crippen molar-refractivity contribution in [3.8, 4) is 41.2 Å². The number of methoxy groups -OCH3 is 1. The number of likely N-dealkylation sites (tertiary alicyclic amines) is 1. The number of phenolic OH excluding ortho intramolecular Hbond substituents is 1. The molecule has 11 nitrogen and oxygen atoms in total. The molecule has 4 aliphatic rings. The largest absolute Gasteiger partial charge is 0.508 e. The van der Waals surface area contributed by atoms with Gasteiger partial charge in [-0.25, -0.2) is 27.3 Å². The molecule has 2 aromatic carbocycles. The van der Waals surface area contributed by atoms with E-state index in [1.807, 2.05) is 4.90 Å². The molecule has 3 aliphatic heterocycles. The van der Waals surface area contributed by atoms with Crippen molar-refractivity contribution in [3.63, 3.8) is 0 Å². The fourth-order valence-corrected chi connectivity index (χ4v) is 8.54. The van der Waals surface area contributed by atoms with Gasteiger partial charge in [0.25, 0.3) is 0 Å². The molecule has 1 aliphatic carbocycles. The number of urea groups is 1. The minimum atomic E-state index is -1.58. The monoisotopic (exact) mass is 775 g/mol. The first-order valence-corrected chi connectivity index (χ1v) is 19.1. The predicted molar refractivity (Wildman–Crippen MR) is 204 cm³/mol. The first-order chi connectivity index (χ1) is 26.8. The summed E-state index contributed by atoms with van der Waals surface area (Å²) in [5.74, 6) is 0.831. The molecule has 0 spiro atoms.